The third-order valence-corrected chi connectivity index (χ3v) is 8.24. The van der Waals surface area contributed by atoms with Crippen molar-refractivity contribution in [2.75, 3.05) is 75.9 Å². The van der Waals surface area contributed by atoms with Gasteiger partial charge in [-0.25, -0.2) is 9.97 Å². The molecule has 212 valence electrons. The highest BCUT2D eigenvalue weighted by molar-refractivity contribution is 5.94. The monoisotopic (exact) mass is 545 g/mol. The zero-order valence-electron chi connectivity index (χ0n) is 23.1. The van der Waals surface area contributed by atoms with Gasteiger partial charge >= 0.3 is 0 Å². The fourth-order valence-electron chi connectivity index (χ4n) is 5.85. The maximum absolute atomic E-state index is 12.9. The van der Waals surface area contributed by atoms with Crippen LogP contribution in [-0.2, 0) is 14.3 Å². The third-order valence-electron chi connectivity index (χ3n) is 8.24. The normalized spacial score (nSPS) is 19.6. The number of rotatable bonds is 8. The summed E-state index contributed by atoms with van der Waals surface area (Å²) in [6, 6.07) is 8.61. The molecule has 0 unspecified atom stereocenters. The average molecular weight is 546 g/mol. The summed E-state index contributed by atoms with van der Waals surface area (Å²) in [5, 5.41) is 8.87. The third kappa shape index (κ3) is 6.51. The van der Waals surface area contributed by atoms with Crippen molar-refractivity contribution < 1.29 is 14.3 Å². The number of nitrogens with one attached hydrogen (secondary N) is 2. The molecule has 40 heavy (non-hydrogen) atoms. The molecule has 1 amide bonds. The lowest BCUT2D eigenvalue weighted by molar-refractivity contribution is -0.125. The lowest BCUT2D eigenvalue weighted by Crippen LogP contribution is -2.44. The van der Waals surface area contributed by atoms with Crippen LogP contribution in [0.25, 0.3) is 22.0 Å². The van der Waals surface area contributed by atoms with E-state index in [2.05, 4.69) is 42.5 Å². The van der Waals surface area contributed by atoms with E-state index in [0.717, 1.165) is 119 Å². The number of carbonyl (C=O) groups is 1. The second kappa shape index (κ2) is 12.9. The maximum atomic E-state index is 12.9. The standard InChI is InChI=1S/C30H39N7O3/c38-30(33-9-12-36-13-17-40-18-14-36)22-3-10-37(11-4-22)29-26-2-7-31-21-24(26)19-27(35-29)23-1-8-32-28(20-23)34-25-5-15-39-16-6-25/h1-2,7-8,19-22,25H,3-6,9-18H2,(H,32,34)(H,33,38). The van der Waals surface area contributed by atoms with Crippen LogP contribution in [0.2, 0.25) is 0 Å². The van der Waals surface area contributed by atoms with E-state index in [-0.39, 0.29) is 11.8 Å². The first-order valence-electron chi connectivity index (χ1n) is 14.6. The zero-order valence-corrected chi connectivity index (χ0v) is 23.1. The summed E-state index contributed by atoms with van der Waals surface area (Å²) >= 11 is 0. The molecular formula is C30H39N7O3. The predicted octanol–water partition coefficient (Wildman–Crippen LogP) is 2.95. The van der Waals surface area contributed by atoms with Crippen molar-refractivity contribution in [2.45, 2.75) is 31.7 Å². The van der Waals surface area contributed by atoms with Crippen molar-refractivity contribution in [2.24, 2.45) is 5.92 Å². The van der Waals surface area contributed by atoms with Gasteiger partial charge in [0.15, 0.2) is 0 Å². The number of aromatic nitrogens is 3. The van der Waals surface area contributed by atoms with Crippen LogP contribution < -0.4 is 15.5 Å². The summed E-state index contributed by atoms with van der Waals surface area (Å²) < 4.78 is 10.9. The number of amides is 1. The SMILES string of the molecule is O=C(NCCN1CCOCC1)C1CCN(c2nc(-c3ccnc(NC4CCOCC4)c3)cc3cnccc23)CC1. The van der Waals surface area contributed by atoms with Crippen LogP contribution in [0.4, 0.5) is 11.6 Å². The molecular weight excluding hydrogens is 506 g/mol. The lowest BCUT2D eigenvalue weighted by atomic mass is 9.95. The second-order valence-corrected chi connectivity index (χ2v) is 10.9. The first-order chi connectivity index (χ1) is 19.7. The largest absolute Gasteiger partial charge is 0.381 e. The Balaban J connectivity index is 1.13. The molecule has 3 fully saturated rings. The van der Waals surface area contributed by atoms with Crippen LogP contribution in [0.3, 0.4) is 0 Å². The van der Waals surface area contributed by atoms with Crippen LogP contribution in [0, 0.1) is 5.92 Å². The van der Waals surface area contributed by atoms with Gasteiger partial charge < -0.3 is 25.0 Å². The molecule has 0 aromatic carbocycles. The summed E-state index contributed by atoms with van der Waals surface area (Å²) in [5.41, 5.74) is 1.92. The van der Waals surface area contributed by atoms with Gasteiger partial charge in [0.25, 0.3) is 0 Å². The molecule has 3 aliphatic heterocycles. The van der Waals surface area contributed by atoms with Gasteiger partial charge in [0.05, 0.1) is 18.9 Å². The molecule has 0 spiro atoms. The minimum Gasteiger partial charge on any atom is -0.381 e. The molecule has 3 aromatic rings. The number of carbonyl (C=O) groups excluding carboxylic acids is 1. The van der Waals surface area contributed by atoms with Gasteiger partial charge in [-0.3, -0.25) is 14.7 Å². The molecule has 3 aliphatic rings. The highest BCUT2D eigenvalue weighted by atomic mass is 16.5. The van der Waals surface area contributed by atoms with Crippen molar-refractivity contribution in [1.29, 1.82) is 0 Å². The Morgan fingerprint density at radius 1 is 0.950 bits per heavy atom. The second-order valence-electron chi connectivity index (χ2n) is 10.9. The Morgan fingerprint density at radius 3 is 2.58 bits per heavy atom. The minimum atomic E-state index is 0.0380. The molecule has 0 radical (unpaired) electrons. The molecule has 10 nitrogen and oxygen atoms in total. The molecule has 0 aliphatic carbocycles. The van der Waals surface area contributed by atoms with Gasteiger partial charge in [0.2, 0.25) is 5.91 Å². The van der Waals surface area contributed by atoms with Gasteiger partial charge in [-0.05, 0) is 49.9 Å². The Labute approximate surface area is 235 Å². The number of fused-ring (bicyclic) bond motifs is 1. The van der Waals surface area contributed by atoms with Gasteiger partial charge in [0.1, 0.15) is 11.6 Å². The Kier molecular flexibility index (Phi) is 8.65. The van der Waals surface area contributed by atoms with Gasteiger partial charge in [-0.15, -0.1) is 0 Å². The van der Waals surface area contributed by atoms with Gasteiger partial charge in [-0.1, -0.05) is 0 Å². The van der Waals surface area contributed by atoms with Crippen LogP contribution in [0.5, 0.6) is 0 Å². The molecule has 0 atom stereocenters. The number of morpholine rings is 1. The topological polar surface area (TPSA) is 105 Å². The quantitative estimate of drug-likeness (QED) is 0.442. The number of ether oxygens (including phenoxy) is 2. The van der Waals surface area contributed by atoms with Gasteiger partial charge in [0, 0.05) is 99.4 Å². The highest BCUT2D eigenvalue weighted by Crippen LogP contribution is 2.32. The predicted molar refractivity (Wildman–Crippen MR) is 155 cm³/mol. The van der Waals surface area contributed by atoms with E-state index >= 15 is 0 Å². The van der Waals surface area contributed by atoms with E-state index in [0.29, 0.717) is 12.6 Å². The van der Waals surface area contributed by atoms with E-state index in [9.17, 15) is 4.79 Å². The average Bonchev–Trinajstić information content (AvgIpc) is 3.02. The zero-order chi connectivity index (χ0) is 27.1. The van der Waals surface area contributed by atoms with E-state index in [1.54, 1.807) is 0 Å². The van der Waals surface area contributed by atoms with Crippen molar-refractivity contribution in [1.82, 2.24) is 25.2 Å². The van der Waals surface area contributed by atoms with Gasteiger partial charge in [-0.2, -0.15) is 0 Å². The van der Waals surface area contributed by atoms with Crippen LogP contribution >= 0.6 is 0 Å². The number of nitrogens with zero attached hydrogens (tertiary/aromatic N) is 5. The summed E-state index contributed by atoms with van der Waals surface area (Å²) in [7, 11) is 0. The smallest absolute Gasteiger partial charge is 0.223 e. The summed E-state index contributed by atoms with van der Waals surface area (Å²) in [6.07, 6.45) is 9.17. The number of pyridine rings is 3. The fourth-order valence-corrected chi connectivity index (χ4v) is 5.85. The van der Waals surface area contributed by atoms with Crippen LogP contribution in [0.1, 0.15) is 25.7 Å². The molecule has 3 saturated heterocycles. The molecule has 0 saturated carbocycles. The summed E-state index contributed by atoms with van der Waals surface area (Å²) in [4.78, 5) is 31.7. The number of anilines is 2. The molecule has 6 heterocycles. The van der Waals surface area contributed by atoms with Crippen molar-refractivity contribution >= 4 is 28.3 Å². The number of hydrogen-bond donors (Lipinski definition) is 2. The maximum Gasteiger partial charge on any atom is 0.223 e. The molecule has 10 heteroatoms. The summed E-state index contributed by atoms with van der Waals surface area (Å²) in [5.74, 6) is 2.03. The molecule has 2 N–H and O–H groups in total. The van der Waals surface area contributed by atoms with Crippen LogP contribution in [-0.4, -0.2) is 97.5 Å². The van der Waals surface area contributed by atoms with Crippen molar-refractivity contribution in [3.63, 3.8) is 0 Å². The van der Waals surface area contributed by atoms with Crippen LogP contribution in [0.15, 0.2) is 42.9 Å². The molecule has 0 bridgehead atoms. The fraction of sp³-hybridized carbons (Fsp3) is 0.533. The number of hydrogen-bond acceptors (Lipinski definition) is 9. The Morgan fingerprint density at radius 2 is 1.75 bits per heavy atom. The minimum absolute atomic E-state index is 0.0380. The lowest BCUT2D eigenvalue weighted by Gasteiger charge is -2.33. The van der Waals surface area contributed by atoms with E-state index < -0.39 is 0 Å². The van der Waals surface area contributed by atoms with E-state index in [1.807, 2.05) is 30.7 Å². The Bertz CT molecular complexity index is 1290. The first-order valence-corrected chi connectivity index (χ1v) is 14.6. The van der Waals surface area contributed by atoms with E-state index in [1.165, 1.54) is 0 Å². The van der Waals surface area contributed by atoms with Crippen molar-refractivity contribution in [3.05, 3.63) is 42.9 Å². The summed E-state index contributed by atoms with van der Waals surface area (Å²) in [6.45, 7) is 8.17. The first kappa shape index (κ1) is 26.9. The molecule has 3 aromatic heterocycles. The highest BCUT2D eigenvalue weighted by Gasteiger charge is 2.27. The number of piperidine rings is 1. The van der Waals surface area contributed by atoms with E-state index in [4.69, 9.17) is 14.5 Å². The Hall–Kier alpha value is -3.34. The molecule has 6 rings (SSSR count). The van der Waals surface area contributed by atoms with Crippen molar-refractivity contribution in [3.8, 4) is 11.3 Å².